The van der Waals surface area contributed by atoms with Crippen molar-refractivity contribution in [3.05, 3.63) is 72.6 Å². The predicted octanol–water partition coefficient (Wildman–Crippen LogP) is 3.72. The summed E-state index contributed by atoms with van der Waals surface area (Å²) in [6.07, 6.45) is 4.92. The number of nitrogens with zero attached hydrogens (tertiary/aromatic N) is 2. The van der Waals surface area contributed by atoms with Gasteiger partial charge in [0.1, 0.15) is 9.79 Å². The average molecular weight is 391 g/mol. The summed E-state index contributed by atoms with van der Waals surface area (Å²) >= 11 is 0. The van der Waals surface area contributed by atoms with Crippen molar-refractivity contribution in [2.45, 2.75) is 22.6 Å². The van der Waals surface area contributed by atoms with E-state index in [4.69, 9.17) is 0 Å². The van der Waals surface area contributed by atoms with E-state index in [1.807, 2.05) is 18.2 Å². The summed E-state index contributed by atoms with van der Waals surface area (Å²) in [6, 6.07) is 17.9. The fourth-order valence-electron chi connectivity index (χ4n) is 2.42. The first kappa shape index (κ1) is 18.8. The highest BCUT2D eigenvalue weighted by atomic mass is 32.3. The SMILES string of the molecule is CN(/C(=C/C1CC1)N=[S+]([O-])(c1ccccc1)c1ccccc1)S(C)(=O)=O. The van der Waals surface area contributed by atoms with E-state index in [9.17, 15) is 13.0 Å². The summed E-state index contributed by atoms with van der Waals surface area (Å²) < 4.78 is 43.8. The first-order valence-electron chi connectivity index (χ1n) is 8.34. The molecule has 0 unspecified atom stereocenters. The molecule has 0 N–H and O–H groups in total. The second kappa shape index (κ2) is 7.34. The van der Waals surface area contributed by atoms with Crippen LogP contribution in [0.2, 0.25) is 0 Å². The van der Waals surface area contributed by atoms with Gasteiger partial charge in [-0.05, 0) is 59.2 Å². The lowest BCUT2D eigenvalue weighted by atomic mass is 10.4. The monoisotopic (exact) mass is 390 g/mol. The molecule has 0 aromatic heterocycles. The maximum absolute atomic E-state index is 14.0. The number of benzene rings is 2. The summed E-state index contributed by atoms with van der Waals surface area (Å²) in [5.74, 6) is 0.515. The van der Waals surface area contributed by atoms with Crippen molar-refractivity contribution in [1.29, 1.82) is 0 Å². The maximum atomic E-state index is 14.0. The predicted molar refractivity (Wildman–Crippen MR) is 103 cm³/mol. The van der Waals surface area contributed by atoms with E-state index in [1.54, 1.807) is 48.5 Å². The maximum Gasteiger partial charge on any atom is 0.233 e. The summed E-state index contributed by atoms with van der Waals surface area (Å²) in [5.41, 5.74) is 0. The Morgan fingerprint density at radius 3 is 1.92 bits per heavy atom. The fourth-order valence-corrected chi connectivity index (χ4v) is 4.89. The summed E-state index contributed by atoms with van der Waals surface area (Å²) in [6.45, 7) is 0. The molecule has 2 aromatic rings. The normalized spacial score (nSPS) is 15.6. The zero-order valence-corrected chi connectivity index (χ0v) is 16.4. The fraction of sp³-hybridized carbons (Fsp3) is 0.263. The molecule has 0 atom stereocenters. The average Bonchev–Trinajstić information content (AvgIpc) is 3.45. The van der Waals surface area contributed by atoms with Gasteiger partial charge in [0, 0.05) is 7.05 Å². The Kier molecular flexibility index (Phi) is 5.32. The van der Waals surface area contributed by atoms with Crippen molar-refractivity contribution in [3.8, 4) is 0 Å². The molecule has 0 saturated heterocycles. The molecule has 1 fully saturated rings. The molecule has 3 rings (SSSR count). The molecule has 0 bridgehead atoms. The zero-order valence-electron chi connectivity index (χ0n) is 14.8. The smallest absolute Gasteiger partial charge is 0.233 e. The Morgan fingerprint density at radius 2 is 1.54 bits per heavy atom. The van der Waals surface area contributed by atoms with E-state index < -0.39 is 20.1 Å². The van der Waals surface area contributed by atoms with Gasteiger partial charge in [0.15, 0.2) is 5.82 Å². The highest BCUT2D eigenvalue weighted by Gasteiger charge is 2.28. The summed E-state index contributed by atoms with van der Waals surface area (Å²) in [5, 5.41) is 0. The molecular weight excluding hydrogens is 368 g/mol. The summed E-state index contributed by atoms with van der Waals surface area (Å²) in [7, 11) is -5.08. The van der Waals surface area contributed by atoms with Gasteiger partial charge in [0.2, 0.25) is 10.0 Å². The molecule has 0 heterocycles. The Labute approximate surface area is 156 Å². The summed E-state index contributed by atoms with van der Waals surface area (Å²) in [4.78, 5) is 1.10. The van der Waals surface area contributed by atoms with Crippen molar-refractivity contribution < 1.29 is 13.0 Å². The molecule has 1 aliphatic carbocycles. The van der Waals surface area contributed by atoms with Crippen molar-refractivity contribution >= 4 is 20.1 Å². The van der Waals surface area contributed by atoms with Crippen molar-refractivity contribution in [1.82, 2.24) is 4.31 Å². The second-order valence-electron chi connectivity index (χ2n) is 6.34. The van der Waals surface area contributed by atoms with Crippen LogP contribution in [0.5, 0.6) is 0 Å². The third-order valence-corrected chi connectivity index (χ3v) is 7.62. The van der Waals surface area contributed by atoms with Gasteiger partial charge in [-0.3, -0.25) is 4.31 Å². The minimum Gasteiger partial charge on any atom is -0.622 e. The van der Waals surface area contributed by atoms with Gasteiger partial charge in [0.05, 0.1) is 6.26 Å². The van der Waals surface area contributed by atoms with Gasteiger partial charge in [-0.15, -0.1) is 0 Å². The van der Waals surface area contributed by atoms with Crippen LogP contribution in [0, 0.1) is 5.92 Å². The Bertz CT molecular complexity index is 907. The molecule has 2 aromatic carbocycles. The highest BCUT2D eigenvalue weighted by Crippen LogP contribution is 2.35. The van der Waals surface area contributed by atoms with E-state index in [2.05, 4.69) is 4.36 Å². The van der Waals surface area contributed by atoms with E-state index in [-0.39, 0.29) is 11.7 Å². The molecule has 26 heavy (non-hydrogen) atoms. The van der Waals surface area contributed by atoms with E-state index >= 15 is 0 Å². The molecule has 7 heteroatoms. The zero-order chi connectivity index (χ0) is 18.8. The van der Waals surface area contributed by atoms with Crippen LogP contribution in [-0.2, 0) is 20.1 Å². The molecule has 138 valence electrons. The van der Waals surface area contributed by atoms with Crippen molar-refractivity contribution in [2.24, 2.45) is 10.3 Å². The molecule has 5 nitrogen and oxygen atoms in total. The van der Waals surface area contributed by atoms with Crippen LogP contribution in [-0.4, -0.2) is 30.6 Å². The Morgan fingerprint density at radius 1 is 1.08 bits per heavy atom. The first-order valence-corrected chi connectivity index (χ1v) is 11.7. The number of rotatable bonds is 6. The minimum absolute atomic E-state index is 0.229. The van der Waals surface area contributed by atoms with E-state index in [0.717, 1.165) is 23.4 Å². The van der Waals surface area contributed by atoms with Crippen LogP contribution in [0.4, 0.5) is 0 Å². The lowest BCUT2D eigenvalue weighted by Gasteiger charge is -2.25. The van der Waals surface area contributed by atoms with Gasteiger partial charge < -0.3 is 4.55 Å². The number of hydrogen-bond acceptors (Lipinski definition) is 4. The largest absolute Gasteiger partial charge is 0.622 e. The van der Waals surface area contributed by atoms with Crippen molar-refractivity contribution in [2.75, 3.05) is 13.3 Å². The molecule has 0 amide bonds. The van der Waals surface area contributed by atoms with Gasteiger partial charge >= 0.3 is 0 Å². The molecule has 1 aliphatic rings. The standard InChI is InChI=1S/C19H22N2O3S2/c1-21(25(2,22)23)19(15-16-13-14-16)20-26(24,17-9-5-3-6-10-17)18-11-7-4-8-12-18/h3-12,15-16H,13-14H2,1-2H3/b19-15+. The number of allylic oxidation sites excluding steroid dienone is 1. The second-order valence-corrected chi connectivity index (χ2v) is 10.5. The van der Waals surface area contributed by atoms with Crippen LogP contribution in [0.15, 0.2) is 86.7 Å². The van der Waals surface area contributed by atoms with Crippen LogP contribution >= 0.6 is 0 Å². The van der Waals surface area contributed by atoms with Gasteiger partial charge in [-0.25, -0.2) is 8.42 Å². The molecular formula is C19H22N2O3S2. The third kappa shape index (κ3) is 4.23. The van der Waals surface area contributed by atoms with Gasteiger partial charge in [-0.1, -0.05) is 40.8 Å². The number of hydrogen-bond donors (Lipinski definition) is 0. The lowest BCUT2D eigenvalue weighted by Crippen LogP contribution is -2.26. The van der Waals surface area contributed by atoms with Crippen LogP contribution in [0.25, 0.3) is 0 Å². The van der Waals surface area contributed by atoms with Gasteiger partial charge in [0.25, 0.3) is 0 Å². The Hall–Kier alpha value is -1.96. The highest BCUT2D eigenvalue weighted by molar-refractivity contribution is 8.00. The van der Waals surface area contributed by atoms with Crippen molar-refractivity contribution in [3.63, 3.8) is 0 Å². The molecule has 0 aliphatic heterocycles. The first-order chi connectivity index (χ1) is 12.3. The van der Waals surface area contributed by atoms with Crippen LogP contribution < -0.4 is 0 Å². The minimum atomic E-state index is -3.51. The molecule has 0 radical (unpaired) electrons. The Balaban J connectivity index is 2.22. The van der Waals surface area contributed by atoms with Crippen LogP contribution in [0.1, 0.15) is 12.8 Å². The topological polar surface area (TPSA) is 72.8 Å². The van der Waals surface area contributed by atoms with E-state index in [0.29, 0.717) is 9.79 Å². The molecule has 0 spiro atoms. The number of sulfonamides is 1. The quantitative estimate of drug-likeness (QED) is 0.706. The van der Waals surface area contributed by atoms with E-state index in [1.165, 1.54) is 7.05 Å². The third-order valence-electron chi connectivity index (χ3n) is 4.17. The lowest BCUT2D eigenvalue weighted by molar-refractivity contribution is 0.524. The van der Waals surface area contributed by atoms with Gasteiger partial charge in [-0.2, -0.15) is 0 Å². The molecule has 1 saturated carbocycles. The van der Waals surface area contributed by atoms with Crippen LogP contribution in [0.3, 0.4) is 0 Å².